The Morgan fingerprint density at radius 3 is 2.10 bits per heavy atom. The second kappa shape index (κ2) is 10.7. The van der Waals surface area contributed by atoms with Crippen molar-refractivity contribution < 1.29 is 24.2 Å². The Balaban J connectivity index is 1.41. The van der Waals surface area contributed by atoms with Crippen molar-refractivity contribution in [2.24, 2.45) is 11.8 Å². The third-order valence-electron chi connectivity index (χ3n) is 9.26. The number of ether oxygens (including phenoxy) is 1. The van der Waals surface area contributed by atoms with Gasteiger partial charge in [-0.05, 0) is 57.2 Å². The molecule has 4 aliphatic rings. The number of nitrogens with zero attached hydrogens (tertiary/aromatic N) is 4. The summed E-state index contributed by atoms with van der Waals surface area (Å²) >= 11 is 0. The van der Waals surface area contributed by atoms with E-state index in [4.69, 9.17) is 4.74 Å². The van der Waals surface area contributed by atoms with Gasteiger partial charge in [0.25, 0.3) is 5.91 Å². The summed E-state index contributed by atoms with van der Waals surface area (Å²) < 4.78 is 6.84. The summed E-state index contributed by atoms with van der Waals surface area (Å²) in [6, 6.07) is 16.2. The van der Waals surface area contributed by atoms with E-state index in [-0.39, 0.29) is 30.9 Å². The molecule has 0 bridgehead atoms. The number of hydrogen-bond acceptors (Lipinski definition) is 6. The zero-order chi connectivity index (χ0) is 29.6. The van der Waals surface area contributed by atoms with Crippen molar-refractivity contribution >= 4 is 34.8 Å². The lowest BCUT2D eigenvalue weighted by Gasteiger charge is -2.37. The summed E-state index contributed by atoms with van der Waals surface area (Å²) in [6.45, 7) is 8.08. The van der Waals surface area contributed by atoms with Gasteiger partial charge in [-0.1, -0.05) is 42.5 Å². The van der Waals surface area contributed by atoms with Crippen LogP contribution in [0, 0.1) is 11.8 Å². The van der Waals surface area contributed by atoms with E-state index in [1.165, 1.54) is 4.90 Å². The van der Waals surface area contributed by atoms with Crippen molar-refractivity contribution in [3.63, 3.8) is 0 Å². The molecule has 6 rings (SSSR count). The number of hydrogen-bond donors (Lipinski definition) is 1. The topological polar surface area (TPSA) is 93.6 Å². The van der Waals surface area contributed by atoms with Crippen molar-refractivity contribution in [1.29, 1.82) is 0 Å². The first-order valence-electron chi connectivity index (χ1n) is 14.8. The molecule has 9 nitrogen and oxygen atoms in total. The Morgan fingerprint density at radius 2 is 1.45 bits per heavy atom. The summed E-state index contributed by atoms with van der Waals surface area (Å²) in [5, 5.41) is 9.97. The molecule has 4 aliphatic heterocycles. The molecule has 2 aromatic carbocycles. The molecular weight excluding hydrogens is 532 g/mol. The number of benzene rings is 2. The second-order valence-corrected chi connectivity index (χ2v) is 11.5. The van der Waals surface area contributed by atoms with Crippen LogP contribution in [-0.2, 0) is 19.1 Å². The van der Waals surface area contributed by atoms with Gasteiger partial charge in [-0.25, -0.2) is 0 Å². The number of para-hydroxylation sites is 1. The number of anilines is 3. The Kier molecular flexibility index (Phi) is 7.19. The van der Waals surface area contributed by atoms with Crippen LogP contribution in [0.25, 0.3) is 0 Å². The molecule has 0 aliphatic carbocycles. The molecule has 0 radical (unpaired) electrons. The van der Waals surface area contributed by atoms with E-state index in [1.807, 2.05) is 85.8 Å². The molecule has 4 heterocycles. The van der Waals surface area contributed by atoms with Crippen LogP contribution in [-0.4, -0.2) is 84.3 Å². The highest BCUT2D eigenvalue weighted by atomic mass is 16.5. The number of β-amino-alcohol motifs (C(OH)–C–C–N with tert-alkyl or cyclic N) is 1. The van der Waals surface area contributed by atoms with E-state index >= 15 is 0 Å². The molecule has 9 heteroatoms. The lowest BCUT2D eigenvalue weighted by molar-refractivity contribution is -0.144. The first kappa shape index (κ1) is 28.2. The number of rotatable bonds is 7. The van der Waals surface area contributed by atoms with Crippen LogP contribution in [0.3, 0.4) is 0 Å². The van der Waals surface area contributed by atoms with E-state index in [1.54, 1.807) is 9.80 Å². The monoisotopic (exact) mass is 570 g/mol. The molecule has 1 N–H and O–H groups in total. The molecule has 0 aromatic heterocycles. The van der Waals surface area contributed by atoms with Gasteiger partial charge in [0, 0.05) is 49.8 Å². The molecular formula is C33H38N4O5. The number of aliphatic hydroxyl groups excluding tert-OH is 1. The van der Waals surface area contributed by atoms with Gasteiger partial charge >= 0.3 is 0 Å². The van der Waals surface area contributed by atoms with Crippen molar-refractivity contribution in [2.45, 2.75) is 38.0 Å². The number of aliphatic hydroxyl groups is 1. The molecule has 220 valence electrons. The van der Waals surface area contributed by atoms with Crippen LogP contribution < -0.4 is 14.7 Å². The number of fused-ring (bicyclic) bond motifs is 2. The fourth-order valence-corrected chi connectivity index (χ4v) is 7.37. The van der Waals surface area contributed by atoms with Gasteiger partial charge in [-0.2, -0.15) is 0 Å². The lowest BCUT2D eigenvalue weighted by Crippen LogP contribution is -2.56. The fourth-order valence-electron chi connectivity index (χ4n) is 7.37. The fraction of sp³-hybridized carbons (Fsp3) is 0.424. The largest absolute Gasteiger partial charge is 0.395 e. The minimum atomic E-state index is -1.36. The predicted molar refractivity (Wildman–Crippen MR) is 161 cm³/mol. The average Bonchev–Trinajstić information content (AvgIpc) is 3.25. The highest BCUT2D eigenvalue weighted by Gasteiger charge is 2.74. The minimum Gasteiger partial charge on any atom is -0.395 e. The molecule has 42 heavy (non-hydrogen) atoms. The molecule has 2 fully saturated rings. The summed E-state index contributed by atoms with van der Waals surface area (Å²) in [4.78, 5) is 50.0. The normalized spacial score (nSPS) is 30.2. The van der Waals surface area contributed by atoms with Crippen LogP contribution in [0.4, 0.5) is 17.1 Å². The van der Waals surface area contributed by atoms with Gasteiger partial charge in [0.1, 0.15) is 11.6 Å². The molecule has 5 atom stereocenters. The number of likely N-dealkylation sites (tertiary alicyclic amines) is 1. The average molecular weight is 571 g/mol. The second-order valence-electron chi connectivity index (χ2n) is 11.5. The van der Waals surface area contributed by atoms with E-state index in [2.05, 4.69) is 18.7 Å². The number of carbonyl (C=O) groups excluding carboxylic acids is 3. The molecule has 2 aromatic rings. The maximum atomic E-state index is 14.5. The van der Waals surface area contributed by atoms with Crippen LogP contribution in [0.5, 0.6) is 0 Å². The maximum absolute atomic E-state index is 14.5. The maximum Gasteiger partial charge on any atom is 0.253 e. The Labute approximate surface area is 246 Å². The standard InChI is InChI=1S/C33H38N4O5/c1-4-34(5-2)23-13-15-25(16-14-23)36-20-10-18-33-27(30(40)37(21-22-38)28(33)31(36)41)26-29(39)35(24-11-7-6-8-12-24)19-9-17-32(26,3)42-33/h6-18,26-28,38H,4-5,19-22H2,1-3H3/t26-,27+,28?,32+,33+/m1/s1. The third-order valence-corrected chi connectivity index (χ3v) is 9.26. The van der Waals surface area contributed by atoms with Gasteiger partial charge in [0.2, 0.25) is 11.8 Å². The summed E-state index contributed by atoms with van der Waals surface area (Å²) in [5.41, 5.74) is 0.0469. The van der Waals surface area contributed by atoms with Gasteiger partial charge in [-0.15, -0.1) is 0 Å². The first-order chi connectivity index (χ1) is 20.3. The van der Waals surface area contributed by atoms with Crippen molar-refractivity contribution in [1.82, 2.24) is 4.90 Å². The molecule has 2 saturated heterocycles. The van der Waals surface area contributed by atoms with Gasteiger partial charge in [-0.3, -0.25) is 14.4 Å². The van der Waals surface area contributed by atoms with Crippen molar-refractivity contribution in [3.05, 3.63) is 78.9 Å². The van der Waals surface area contributed by atoms with E-state index in [0.29, 0.717) is 18.8 Å². The van der Waals surface area contributed by atoms with Crippen LogP contribution >= 0.6 is 0 Å². The Bertz CT molecular complexity index is 1420. The van der Waals surface area contributed by atoms with Gasteiger partial charge < -0.3 is 29.4 Å². The van der Waals surface area contributed by atoms with Crippen LogP contribution in [0.1, 0.15) is 20.8 Å². The number of amides is 3. The SMILES string of the molecule is CCN(CC)c1ccc(N2CC=C[C@]34O[C@@]5(C)C=CCN(c6ccccc6)C(=O)[C@H]5[C@H]3C(=O)N(CCO)C4C2=O)cc1. The molecule has 0 saturated carbocycles. The summed E-state index contributed by atoms with van der Waals surface area (Å²) in [7, 11) is 0. The zero-order valence-electron chi connectivity index (χ0n) is 24.3. The minimum absolute atomic E-state index is 0.0324. The van der Waals surface area contributed by atoms with Gasteiger partial charge in [0.05, 0.1) is 24.0 Å². The predicted octanol–water partition coefficient (Wildman–Crippen LogP) is 3.00. The van der Waals surface area contributed by atoms with Crippen molar-refractivity contribution in [2.75, 3.05) is 54.0 Å². The summed E-state index contributed by atoms with van der Waals surface area (Å²) in [5.74, 6) is -2.65. The zero-order valence-corrected chi connectivity index (χ0v) is 24.3. The molecule has 1 unspecified atom stereocenters. The van der Waals surface area contributed by atoms with E-state index in [9.17, 15) is 19.5 Å². The van der Waals surface area contributed by atoms with E-state index in [0.717, 1.165) is 24.5 Å². The smallest absolute Gasteiger partial charge is 0.253 e. The van der Waals surface area contributed by atoms with Gasteiger partial charge in [0.15, 0.2) is 0 Å². The summed E-state index contributed by atoms with van der Waals surface area (Å²) in [6.07, 6.45) is 7.48. The van der Waals surface area contributed by atoms with Crippen LogP contribution in [0.15, 0.2) is 78.9 Å². The Morgan fingerprint density at radius 1 is 0.833 bits per heavy atom. The quantitative estimate of drug-likeness (QED) is 0.515. The molecule has 3 amide bonds. The highest BCUT2D eigenvalue weighted by Crippen LogP contribution is 2.57. The van der Waals surface area contributed by atoms with Crippen LogP contribution in [0.2, 0.25) is 0 Å². The first-order valence-corrected chi connectivity index (χ1v) is 14.8. The van der Waals surface area contributed by atoms with Crippen molar-refractivity contribution in [3.8, 4) is 0 Å². The lowest BCUT2D eigenvalue weighted by atomic mass is 9.74. The highest BCUT2D eigenvalue weighted by molar-refractivity contribution is 6.07. The Hall–Kier alpha value is -3.95. The van der Waals surface area contributed by atoms with E-state index < -0.39 is 29.1 Å². The number of carbonyl (C=O) groups is 3. The third kappa shape index (κ3) is 4.17. The molecule has 1 spiro atoms.